The van der Waals surface area contributed by atoms with Gasteiger partial charge in [0.25, 0.3) is 5.56 Å². The van der Waals surface area contributed by atoms with Crippen LogP contribution < -0.4 is 10.5 Å². The van der Waals surface area contributed by atoms with E-state index in [1.165, 1.54) is 17.0 Å². The van der Waals surface area contributed by atoms with Gasteiger partial charge in [0.2, 0.25) is 0 Å². The fourth-order valence-electron chi connectivity index (χ4n) is 3.56. The monoisotopic (exact) mass is 403 g/mol. The van der Waals surface area contributed by atoms with Crippen LogP contribution in [0.25, 0.3) is 22.2 Å². The average Bonchev–Trinajstić information content (AvgIpc) is 2.73. The van der Waals surface area contributed by atoms with Crippen LogP contribution in [-0.2, 0) is 12.7 Å². The second-order valence-electron chi connectivity index (χ2n) is 7.04. The van der Waals surface area contributed by atoms with Gasteiger partial charge in [0.15, 0.2) is 5.82 Å². The van der Waals surface area contributed by atoms with Crippen molar-refractivity contribution in [2.75, 3.05) is 18.0 Å². The van der Waals surface area contributed by atoms with Crippen LogP contribution in [0, 0.1) is 0 Å². The summed E-state index contributed by atoms with van der Waals surface area (Å²) in [5.74, 6) is 0.595. The van der Waals surface area contributed by atoms with Gasteiger partial charge >= 0.3 is 6.18 Å². The predicted octanol–water partition coefficient (Wildman–Crippen LogP) is 3.88. The summed E-state index contributed by atoms with van der Waals surface area (Å²) in [4.78, 5) is 27.6. The topological polar surface area (TPSA) is 63.9 Å². The zero-order chi connectivity index (χ0) is 20.6. The lowest BCUT2D eigenvalue weighted by Gasteiger charge is -2.28. The number of aromatic nitrogens is 4. The van der Waals surface area contributed by atoms with E-state index in [1.54, 1.807) is 6.07 Å². The van der Waals surface area contributed by atoms with Crippen molar-refractivity contribution < 1.29 is 13.2 Å². The summed E-state index contributed by atoms with van der Waals surface area (Å²) in [6.45, 7) is 3.92. The van der Waals surface area contributed by atoms with Crippen LogP contribution in [0.1, 0.15) is 31.9 Å². The first-order chi connectivity index (χ1) is 13.9. The highest BCUT2D eigenvalue weighted by atomic mass is 19.4. The Hall–Kier alpha value is -2.97. The van der Waals surface area contributed by atoms with Gasteiger partial charge in [-0.25, -0.2) is 9.97 Å². The molecule has 0 radical (unpaired) electrons. The van der Waals surface area contributed by atoms with Crippen LogP contribution in [0.3, 0.4) is 0 Å². The molecule has 152 valence electrons. The maximum Gasteiger partial charge on any atom is 0.433 e. The van der Waals surface area contributed by atoms with Gasteiger partial charge < -0.3 is 4.90 Å². The average molecular weight is 403 g/mol. The molecule has 1 aliphatic heterocycles. The minimum atomic E-state index is -4.51. The molecule has 1 saturated heterocycles. The first-order valence-electron chi connectivity index (χ1n) is 9.57. The number of nitrogens with zero attached hydrogens (tertiary/aromatic N) is 5. The molecule has 29 heavy (non-hydrogen) atoms. The lowest BCUT2D eigenvalue weighted by Crippen LogP contribution is -2.31. The van der Waals surface area contributed by atoms with Gasteiger partial charge in [0.05, 0.1) is 17.4 Å². The third-order valence-corrected chi connectivity index (χ3v) is 5.14. The Morgan fingerprint density at radius 2 is 1.86 bits per heavy atom. The summed E-state index contributed by atoms with van der Waals surface area (Å²) >= 11 is 0. The van der Waals surface area contributed by atoms with Crippen molar-refractivity contribution in [3.8, 4) is 11.3 Å². The smallest absolute Gasteiger partial charge is 0.355 e. The highest BCUT2D eigenvalue weighted by molar-refractivity contribution is 5.91. The minimum Gasteiger partial charge on any atom is -0.355 e. The van der Waals surface area contributed by atoms with Gasteiger partial charge in [-0.2, -0.15) is 13.2 Å². The van der Waals surface area contributed by atoms with Gasteiger partial charge in [0, 0.05) is 31.4 Å². The summed E-state index contributed by atoms with van der Waals surface area (Å²) in [7, 11) is 0. The molecule has 0 amide bonds. The Kier molecular flexibility index (Phi) is 4.97. The summed E-state index contributed by atoms with van der Waals surface area (Å²) < 4.78 is 40.0. The number of hydrogen-bond acceptors (Lipinski definition) is 5. The minimum absolute atomic E-state index is 0.195. The van der Waals surface area contributed by atoms with E-state index in [2.05, 4.69) is 19.9 Å². The molecular weight excluding hydrogens is 383 g/mol. The zero-order valence-electron chi connectivity index (χ0n) is 15.9. The normalized spacial score (nSPS) is 15.1. The molecule has 0 bridgehead atoms. The van der Waals surface area contributed by atoms with E-state index in [-0.39, 0.29) is 5.56 Å². The molecule has 3 aromatic rings. The van der Waals surface area contributed by atoms with Crippen LogP contribution in [-0.4, -0.2) is 32.6 Å². The number of halogens is 3. The van der Waals surface area contributed by atoms with Crippen molar-refractivity contribution in [3.63, 3.8) is 0 Å². The Morgan fingerprint density at radius 3 is 2.48 bits per heavy atom. The summed E-state index contributed by atoms with van der Waals surface area (Å²) in [6, 6.07) is 3.85. The van der Waals surface area contributed by atoms with E-state index in [9.17, 15) is 18.0 Å². The van der Waals surface area contributed by atoms with Crippen LogP contribution >= 0.6 is 0 Å². The van der Waals surface area contributed by atoms with Crippen LogP contribution in [0.4, 0.5) is 19.0 Å². The molecule has 0 spiro atoms. The second-order valence-corrected chi connectivity index (χ2v) is 7.04. The van der Waals surface area contributed by atoms with Gasteiger partial charge in [0.1, 0.15) is 11.2 Å². The first-order valence-corrected chi connectivity index (χ1v) is 9.57. The number of rotatable bonds is 3. The predicted molar refractivity (Wildman–Crippen MR) is 104 cm³/mol. The summed E-state index contributed by atoms with van der Waals surface area (Å²) in [6.07, 6.45) is 1.31. The quantitative estimate of drug-likeness (QED) is 0.664. The number of anilines is 1. The van der Waals surface area contributed by atoms with E-state index < -0.39 is 11.9 Å². The van der Waals surface area contributed by atoms with Gasteiger partial charge in [-0.05, 0) is 44.4 Å². The summed E-state index contributed by atoms with van der Waals surface area (Å²) in [5.41, 5.74) is 0.189. The van der Waals surface area contributed by atoms with Crippen molar-refractivity contribution in [1.82, 2.24) is 19.5 Å². The molecule has 4 rings (SSSR count). The molecule has 6 nitrogen and oxygen atoms in total. The standard InChI is InChI=1S/C20H20F3N5O/c1-2-27-12-25-17-14(19(27)29)10-15(26-18(17)28-8-4-3-5-9-28)13-6-7-16(24-11-13)20(21,22)23/h6-7,10-12H,2-5,8-9H2,1H3. The van der Waals surface area contributed by atoms with Gasteiger partial charge in [-0.1, -0.05) is 0 Å². The number of fused-ring (bicyclic) bond motifs is 1. The molecule has 0 atom stereocenters. The number of hydrogen-bond donors (Lipinski definition) is 0. The van der Waals surface area contributed by atoms with Crippen molar-refractivity contribution in [3.05, 3.63) is 46.8 Å². The Balaban J connectivity index is 1.89. The molecule has 4 heterocycles. The van der Waals surface area contributed by atoms with Crippen LogP contribution in [0.2, 0.25) is 0 Å². The molecule has 0 aromatic carbocycles. The van der Waals surface area contributed by atoms with Crippen molar-refractivity contribution in [1.29, 1.82) is 0 Å². The van der Waals surface area contributed by atoms with Gasteiger partial charge in [-0.15, -0.1) is 0 Å². The number of alkyl halides is 3. The van der Waals surface area contributed by atoms with E-state index in [0.717, 1.165) is 44.6 Å². The Labute approximate surface area is 165 Å². The Morgan fingerprint density at radius 1 is 1.10 bits per heavy atom. The van der Waals surface area contributed by atoms with Gasteiger partial charge in [-0.3, -0.25) is 14.3 Å². The molecule has 0 unspecified atom stereocenters. The van der Waals surface area contributed by atoms with E-state index >= 15 is 0 Å². The molecule has 1 aliphatic rings. The third kappa shape index (κ3) is 3.68. The zero-order valence-corrected chi connectivity index (χ0v) is 15.9. The molecule has 1 fully saturated rings. The number of aryl methyl sites for hydroxylation is 1. The van der Waals surface area contributed by atoms with Crippen molar-refractivity contribution in [2.24, 2.45) is 0 Å². The number of pyridine rings is 2. The highest BCUT2D eigenvalue weighted by Gasteiger charge is 2.32. The molecule has 9 heteroatoms. The first kappa shape index (κ1) is 19.4. The second kappa shape index (κ2) is 7.46. The fourth-order valence-corrected chi connectivity index (χ4v) is 3.56. The lowest BCUT2D eigenvalue weighted by atomic mass is 10.1. The third-order valence-electron chi connectivity index (χ3n) is 5.14. The van der Waals surface area contributed by atoms with E-state index in [0.29, 0.717) is 34.5 Å². The molecule has 0 saturated carbocycles. The highest BCUT2D eigenvalue weighted by Crippen LogP contribution is 2.31. The largest absolute Gasteiger partial charge is 0.433 e. The maximum absolute atomic E-state index is 12.9. The SMILES string of the molecule is CCn1cnc2c(N3CCCCC3)nc(-c3ccc(C(F)(F)F)nc3)cc2c1=O. The number of piperidine rings is 1. The van der Waals surface area contributed by atoms with Crippen molar-refractivity contribution >= 4 is 16.7 Å². The van der Waals surface area contributed by atoms with E-state index in [1.807, 2.05) is 6.92 Å². The maximum atomic E-state index is 12.9. The molecule has 3 aromatic heterocycles. The summed E-state index contributed by atoms with van der Waals surface area (Å²) in [5, 5.41) is 0.403. The fraction of sp³-hybridized carbons (Fsp3) is 0.400. The molecule has 0 aliphatic carbocycles. The molecular formula is C20H20F3N5O. The lowest BCUT2D eigenvalue weighted by molar-refractivity contribution is -0.141. The van der Waals surface area contributed by atoms with Crippen molar-refractivity contribution in [2.45, 2.75) is 38.9 Å². The van der Waals surface area contributed by atoms with E-state index in [4.69, 9.17) is 0 Å². The van der Waals surface area contributed by atoms with Crippen LogP contribution in [0.15, 0.2) is 35.5 Å². The van der Waals surface area contributed by atoms with Crippen LogP contribution in [0.5, 0.6) is 0 Å². The molecule has 0 N–H and O–H groups in total. The Bertz CT molecular complexity index is 1090.